The second-order valence-electron chi connectivity index (χ2n) is 8.17. The Hall–Kier alpha value is -3.36. The fourth-order valence-electron chi connectivity index (χ4n) is 4.26. The summed E-state index contributed by atoms with van der Waals surface area (Å²) in [6.07, 6.45) is 8.50. The number of amides is 1. The Morgan fingerprint density at radius 2 is 2.06 bits per heavy atom. The summed E-state index contributed by atoms with van der Waals surface area (Å²) < 4.78 is 2.00. The Balaban J connectivity index is 1.19. The van der Waals surface area contributed by atoms with E-state index in [0.29, 0.717) is 6.54 Å². The number of para-hydroxylation sites is 1. The zero-order chi connectivity index (χ0) is 21.6. The van der Waals surface area contributed by atoms with E-state index in [1.165, 1.54) is 22.1 Å². The summed E-state index contributed by atoms with van der Waals surface area (Å²) in [5.74, 6) is -0.0635. The zero-order valence-corrected chi connectivity index (χ0v) is 18.0. The number of fused-ring (bicyclic) bond motifs is 2. The van der Waals surface area contributed by atoms with Gasteiger partial charge in [-0.25, -0.2) is 0 Å². The predicted molar refractivity (Wildman–Crippen MR) is 124 cm³/mol. The lowest BCUT2D eigenvalue weighted by molar-refractivity contribution is -0.116. The molecule has 31 heavy (non-hydrogen) atoms. The number of nitriles is 1. The lowest BCUT2D eigenvalue weighted by atomic mass is 9.97. The minimum Gasteiger partial charge on any atom is -0.353 e. The molecule has 0 saturated carbocycles. The van der Waals surface area contributed by atoms with Gasteiger partial charge in [-0.1, -0.05) is 24.3 Å². The van der Waals surface area contributed by atoms with E-state index in [1.807, 2.05) is 41.2 Å². The molecule has 3 aromatic rings. The van der Waals surface area contributed by atoms with Crippen molar-refractivity contribution < 1.29 is 4.79 Å². The molecular weight excluding hydrogens is 384 g/mol. The molecule has 158 valence electrons. The van der Waals surface area contributed by atoms with Gasteiger partial charge in [-0.3, -0.25) is 9.69 Å². The molecular formula is C26H28N4O. The first-order valence-corrected chi connectivity index (χ1v) is 10.9. The maximum Gasteiger partial charge on any atom is 0.245 e. The van der Waals surface area contributed by atoms with Crippen molar-refractivity contribution in [2.45, 2.75) is 32.7 Å². The summed E-state index contributed by atoms with van der Waals surface area (Å²) in [5.41, 5.74) is 5.68. The molecule has 0 radical (unpaired) electrons. The molecule has 5 heteroatoms. The summed E-state index contributed by atoms with van der Waals surface area (Å²) in [4.78, 5) is 14.6. The topological polar surface area (TPSA) is 61.1 Å². The first-order valence-electron chi connectivity index (χ1n) is 10.9. The summed E-state index contributed by atoms with van der Waals surface area (Å²) in [6, 6.07) is 16.4. The van der Waals surface area contributed by atoms with E-state index < -0.39 is 0 Å². The lowest BCUT2D eigenvalue weighted by Gasteiger charge is -2.28. The molecule has 2 aromatic carbocycles. The van der Waals surface area contributed by atoms with Gasteiger partial charge in [-0.05, 0) is 67.6 Å². The number of benzene rings is 2. The van der Waals surface area contributed by atoms with Crippen LogP contribution in [-0.2, 0) is 17.8 Å². The number of nitrogens with zero attached hydrogens (tertiary/aromatic N) is 3. The Bertz CT molecular complexity index is 1150. The van der Waals surface area contributed by atoms with Crippen LogP contribution in [0.25, 0.3) is 17.1 Å². The second-order valence-corrected chi connectivity index (χ2v) is 8.17. The molecule has 0 bridgehead atoms. The predicted octanol–water partition coefficient (Wildman–Crippen LogP) is 4.25. The number of carbonyl (C=O) groups is 1. The largest absolute Gasteiger partial charge is 0.353 e. The van der Waals surface area contributed by atoms with E-state index in [4.69, 9.17) is 5.26 Å². The molecule has 1 aliphatic heterocycles. The van der Waals surface area contributed by atoms with Crippen LogP contribution in [0, 0.1) is 18.3 Å². The van der Waals surface area contributed by atoms with Gasteiger partial charge in [0.15, 0.2) is 0 Å². The third kappa shape index (κ3) is 5.04. The van der Waals surface area contributed by atoms with E-state index in [2.05, 4.69) is 41.4 Å². The van der Waals surface area contributed by atoms with Gasteiger partial charge in [0, 0.05) is 43.5 Å². The molecule has 0 saturated heterocycles. The van der Waals surface area contributed by atoms with E-state index in [0.717, 1.165) is 50.0 Å². The molecule has 4 rings (SSSR count). The van der Waals surface area contributed by atoms with Crippen molar-refractivity contribution in [3.05, 3.63) is 77.0 Å². The van der Waals surface area contributed by atoms with Crippen molar-refractivity contribution in [3.63, 3.8) is 0 Å². The minimum absolute atomic E-state index is 0.0635. The van der Waals surface area contributed by atoms with E-state index >= 15 is 0 Å². The number of aromatic nitrogens is 1. The molecule has 0 atom stereocenters. The molecule has 0 aliphatic carbocycles. The van der Waals surface area contributed by atoms with Crippen molar-refractivity contribution in [1.82, 2.24) is 14.8 Å². The molecule has 1 N–H and O–H groups in total. The van der Waals surface area contributed by atoms with Gasteiger partial charge in [0.1, 0.15) is 0 Å². The van der Waals surface area contributed by atoms with Crippen LogP contribution in [0.5, 0.6) is 0 Å². The van der Waals surface area contributed by atoms with E-state index in [9.17, 15) is 4.79 Å². The van der Waals surface area contributed by atoms with Crippen LogP contribution < -0.4 is 5.32 Å². The maximum absolute atomic E-state index is 12.2. The highest BCUT2D eigenvalue weighted by Gasteiger charge is 2.16. The third-order valence-corrected chi connectivity index (χ3v) is 5.95. The summed E-state index contributed by atoms with van der Waals surface area (Å²) in [6.45, 7) is 5.73. The normalized spacial score (nSPS) is 13.9. The average Bonchev–Trinajstić information content (AvgIpc) is 3.12. The minimum atomic E-state index is -0.0635. The highest BCUT2D eigenvalue weighted by atomic mass is 16.1. The molecule has 0 spiro atoms. The van der Waals surface area contributed by atoms with Crippen LogP contribution in [0.4, 0.5) is 0 Å². The second kappa shape index (κ2) is 9.63. The summed E-state index contributed by atoms with van der Waals surface area (Å²) in [5, 5.41) is 13.3. The number of hydrogen-bond acceptors (Lipinski definition) is 3. The first kappa shape index (κ1) is 20.9. The molecule has 0 unspecified atom stereocenters. The summed E-state index contributed by atoms with van der Waals surface area (Å²) >= 11 is 0. The molecule has 2 heterocycles. The van der Waals surface area contributed by atoms with Crippen molar-refractivity contribution in [1.29, 1.82) is 5.26 Å². The van der Waals surface area contributed by atoms with Gasteiger partial charge in [-0.15, -0.1) is 0 Å². The molecule has 0 fully saturated rings. The Morgan fingerprint density at radius 1 is 1.19 bits per heavy atom. The van der Waals surface area contributed by atoms with Crippen LogP contribution in [0.15, 0.2) is 54.7 Å². The zero-order valence-electron chi connectivity index (χ0n) is 18.0. The van der Waals surface area contributed by atoms with Gasteiger partial charge in [0.2, 0.25) is 5.91 Å². The molecule has 1 aliphatic rings. The highest BCUT2D eigenvalue weighted by molar-refractivity contribution is 5.92. The number of hydrogen-bond donors (Lipinski definition) is 1. The van der Waals surface area contributed by atoms with E-state index in [-0.39, 0.29) is 5.91 Å². The molecule has 1 aromatic heterocycles. The van der Waals surface area contributed by atoms with E-state index in [1.54, 1.807) is 6.08 Å². The van der Waals surface area contributed by atoms with Gasteiger partial charge >= 0.3 is 0 Å². The molecule has 5 nitrogen and oxygen atoms in total. The number of aryl methyl sites for hydroxylation is 1. The van der Waals surface area contributed by atoms with Crippen LogP contribution in [-0.4, -0.2) is 35.0 Å². The van der Waals surface area contributed by atoms with Crippen molar-refractivity contribution in [2.75, 3.05) is 19.6 Å². The summed E-state index contributed by atoms with van der Waals surface area (Å²) in [7, 11) is 0. The Morgan fingerprint density at radius 3 is 2.94 bits per heavy atom. The van der Waals surface area contributed by atoms with Crippen molar-refractivity contribution >= 4 is 23.0 Å². The monoisotopic (exact) mass is 412 g/mol. The van der Waals surface area contributed by atoms with Gasteiger partial charge in [0.25, 0.3) is 0 Å². The maximum atomic E-state index is 12.2. The van der Waals surface area contributed by atoms with Gasteiger partial charge in [-0.2, -0.15) is 5.26 Å². The highest BCUT2D eigenvalue weighted by Crippen LogP contribution is 2.21. The molecule has 1 amide bonds. The number of rotatable bonds is 7. The quantitative estimate of drug-likeness (QED) is 0.466. The number of carbonyl (C=O) groups excluding carboxylic acids is 1. The average molecular weight is 413 g/mol. The van der Waals surface area contributed by atoms with Crippen LogP contribution in [0.1, 0.15) is 35.1 Å². The SMILES string of the molecule is Cc1cn(/C=C/C(=O)NCCCCN2CCc3ccc(C#N)cc3C2)c2ccccc12. The fraction of sp³-hybridized carbons (Fsp3) is 0.308. The number of unbranched alkanes of at least 4 members (excludes halogenated alkanes) is 1. The van der Waals surface area contributed by atoms with Crippen molar-refractivity contribution in [3.8, 4) is 6.07 Å². The third-order valence-electron chi connectivity index (χ3n) is 5.95. The van der Waals surface area contributed by atoms with Gasteiger partial charge in [0.05, 0.1) is 17.1 Å². The van der Waals surface area contributed by atoms with Crippen LogP contribution >= 0.6 is 0 Å². The van der Waals surface area contributed by atoms with Crippen LogP contribution in [0.2, 0.25) is 0 Å². The first-order chi connectivity index (χ1) is 15.1. The van der Waals surface area contributed by atoms with Crippen molar-refractivity contribution in [2.24, 2.45) is 0 Å². The number of nitrogens with one attached hydrogen (secondary N) is 1. The standard InChI is InChI=1S/C26H28N4O/c1-20-18-30(25-7-3-2-6-24(20)25)15-11-26(31)28-12-4-5-13-29-14-10-22-9-8-21(17-27)16-23(22)19-29/h2-3,6-9,11,15-16,18H,4-5,10,12-14,19H2,1H3,(H,28,31)/b15-11+. The lowest BCUT2D eigenvalue weighted by Crippen LogP contribution is -2.32. The Kier molecular flexibility index (Phi) is 6.49. The van der Waals surface area contributed by atoms with Gasteiger partial charge < -0.3 is 9.88 Å². The van der Waals surface area contributed by atoms with Crippen LogP contribution in [0.3, 0.4) is 0 Å². The Labute approximate surface area is 183 Å². The fourth-order valence-corrected chi connectivity index (χ4v) is 4.26. The smallest absolute Gasteiger partial charge is 0.245 e.